The lowest BCUT2D eigenvalue weighted by molar-refractivity contribution is -0.704. The van der Waals surface area contributed by atoms with Gasteiger partial charge >= 0.3 is 0 Å². The third kappa shape index (κ3) is 25.7. The van der Waals surface area contributed by atoms with E-state index in [4.69, 9.17) is 0 Å². The number of rotatable bonds is 19. The summed E-state index contributed by atoms with van der Waals surface area (Å²) in [4.78, 5) is 32.6. The lowest BCUT2D eigenvalue weighted by Gasteiger charge is -2.18. The number of hydrogen-bond acceptors (Lipinski definition) is 13. The first-order chi connectivity index (χ1) is 52.3. The predicted octanol–water partition coefficient (Wildman–Crippen LogP) is 13.2. The molecule has 0 amide bonds. The Bertz CT molecular complexity index is 4870. The number of Topliss-reactive ketones (excluding diaryl/α,β-unsaturated/α-hetero) is 2. The van der Waals surface area contributed by atoms with Crippen molar-refractivity contribution < 1.29 is 85.9 Å². The lowest BCUT2D eigenvalue weighted by Crippen LogP contribution is -3.00. The van der Waals surface area contributed by atoms with E-state index in [2.05, 4.69) is 132 Å². The molecule has 0 unspecified atom stereocenters. The molecule has 5 heterocycles. The van der Waals surface area contributed by atoms with Gasteiger partial charge < -0.3 is 54.2 Å². The number of ketones is 2. The van der Waals surface area contributed by atoms with Crippen LogP contribution in [0.2, 0.25) is 0 Å². The van der Waals surface area contributed by atoms with Gasteiger partial charge in [0.1, 0.15) is 21.3 Å². The van der Waals surface area contributed by atoms with Gasteiger partial charge in [0.15, 0.2) is 53.5 Å². The highest BCUT2D eigenvalue weighted by Gasteiger charge is 2.40. The molecule has 7 aromatic carbocycles. The van der Waals surface area contributed by atoms with Crippen LogP contribution in [0.1, 0.15) is 146 Å². The van der Waals surface area contributed by atoms with Crippen molar-refractivity contribution >= 4 is 88.0 Å². The van der Waals surface area contributed by atoms with Crippen molar-refractivity contribution in [1.29, 1.82) is 0 Å². The van der Waals surface area contributed by atoms with E-state index in [0.29, 0.717) is 11.1 Å². The quantitative estimate of drug-likeness (QED) is 0.0442. The number of fused-ring (bicyclic) bond motifs is 3. The standard InChI is InChI=1S/C25H16O6S2.C24H34N2.C21H18N2.C8H6O3S.2C6H15N.2BrH.ClH.2H2/c26-24-18-10-4-6-12-20(18)32(28,29)22(24)14-17(16-8-2-1-3-9-16)15-23-25(27)19-11-5-7-13-21(19)33(23,30)31;1-3-7-21(8-4-1)19-25-15-11-23(12-16-25)24-13-17-26(18-14-24)20-22-9-5-2-6-10-22;1-4-10-18(11-5-1)19(16-22-20-12-6-2-7-13-20)17-23-21-14-8-3-9-15-21;9-7-5-12(10,11)8-4-2-1-3-6(7)8;2*1-4-7(5-2)6-3;;;;;/h1-15,26H;11-18,21-22H,1-10,19-20H2;1-17,22H;1-4H,5H2;2*4-6H2,1-3H3;5*1H/q;+2;;;;;;;;;/p-2. The van der Waals surface area contributed by atoms with Crippen LogP contribution in [0.15, 0.2) is 291 Å². The molecule has 592 valence electrons. The Morgan fingerprint density at radius 3 is 1.29 bits per heavy atom. The number of aromatic nitrogens is 2. The molecule has 21 heteroatoms. The predicted molar refractivity (Wildman–Crippen MR) is 449 cm³/mol. The van der Waals surface area contributed by atoms with Crippen LogP contribution in [0.25, 0.3) is 28.0 Å². The van der Waals surface area contributed by atoms with E-state index in [0.717, 1.165) is 34.3 Å². The number of pyridine rings is 2. The monoisotopic (exact) mass is 1710 g/mol. The zero-order chi connectivity index (χ0) is 76.9. The summed E-state index contributed by atoms with van der Waals surface area (Å²) in [7, 11) is -11.4. The van der Waals surface area contributed by atoms with Gasteiger partial charge in [0, 0.05) is 79.3 Å². The van der Waals surface area contributed by atoms with Gasteiger partial charge in [-0.15, -0.1) is 12.4 Å². The number of aliphatic hydroxyl groups excluding tert-OH is 1. The number of carbonyl (C=O) groups is 2. The number of aliphatic imine (C=N–C) groups is 1. The Morgan fingerprint density at radius 1 is 0.477 bits per heavy atom. The normalized spacial score (nSPS) is 16.2. The number of benzene rings is 7. The molecule has 2 fully saturated rings. The molecule has 14 rings (SSSR count). The van der Waals surface area contributed by atoms with Crippen molar-refractivity contribution in [2.24, 2.45) is 16.8 Å². The Balaban J connectivity index is 0.000000305. The molecular weight excluding hydrogens is 1600 g/mol. The molecule has 0 radical (unpaired) electrons. The minimum Gasteiger partial charge on any atom is -1.00 e. The van der Waals surface area contributed by atoms with Crippen LogP contribution in [-0.4, -0.2) is 103 Å². The fraction of sp³-hybridized carbons (Fsp3) is 0.300. The van der Waals surface area contributed by atoms with E-state index in [1.807, 2.05) is 91.3 Å². The number of sulfone groups is 3. The molecule has 15 nitrogen and oxygen atoms in total. The molecule has 9 aromatic rings. The Morgan fingerprint density at radius 2 is 0.865 bits per heavy atom. The van der Waals surface area contributed by atoms with Crippen molar-refractivity contribution in [3.63, 3.8) is 0 Å². The fourth-order valence-electron chi connectivity index (χ4n) is 13.6. The zero-order valence-corrected chi connectivity index (χ0v) is 70.8. The summed E-state index contributed by atoms with van der Waals surface area (Å²) in [6.45, 7) is 22.6. The first-order valence-electron chi connectivity index (χ1n) is 37.9. The van der Waals surface area contributed by atoms with Crippen LogP contribution in [0.4, 0.5) is 11.4 Å². The van der Waals surface area contributed by atoms with Crippen LogP contribution in [0.5, 0.6) is 0 Å². The van der Waals surface area contributed by atoms with Gasteiger partial charge in [-0.25, -0.2) is 34.4 Å². The summed E-state index contributed by atoms with van der Waals surface area (Å²) in [6.07, 6.45) is 29.6. The van der Waals surface area contributed by atoms with E-state index < -0.39 is 46.0 Å². The maximum absolute atomic E-state index is 13.1. The van der Waals surface area contributed by atoms with E-state index in [-0.39, 0.29) is 97.1 Å². The minimum absolute atomic E-state index is 0. The van der Waals surface area contributed by atoms with Gasteiger partial charge in [0.05, 0.1) is 20.4 Å². The maximum Gasteiger partial charge on any atom is 0.211 e. The Labute approximate surface area is 689 Å². The number of nitrogens with one attached hydrogen (secondary N) is 1. The van der Waals surface area contributed by atoms with Crippen LogP contribution in [-0.2, 0) is 42.6 Å². The second kappa shape index (κ2) is 45.8. The molecule has 2 N–H and O–H groups in total. The summed E-state index contributed by atoms with van der Waals surface area (Å²) in [5.74, 6) is 0.00654. The number of aliphatic hydroxyl groups is 1. The number of para-hydroxylation sites is 2. The maximum atomic E-state index is 13.1. The number of nitrogens with zero attached hydrogens (tertiary/aromatic N) is 5. The van der Waals surface area contributed by atoms with Crippen LogP contribution < -0.4 is 48.4 Å². The molecule has 2 aromatic heterocycles. The summed E-state index contributed by atoms with van der Waals surface area (Å²) >= 11 is 0. The molecule has 5 aliphatic rings. The summed E-state index contributed by atoms with van der Waals surface area (Å²) < 4.78 is 79.6. The highest BCUT2D eigenvalue weighted by atomic mass is 79.9. The third-order valence-corrected chi connectivity index (χ3v) is 25.3. The van der Waals surface area contributed by atoms with E-state index >= 15 is 0 Å². The first kappa shape index (κ1) is 91.3. The van der Waals surface area contributed by atoms with Crippen molar-refractivity contribution in [3.8, 4) is 11.1 Å². The minimum atomic E-state index is -4.09. The molecular formula is C90H109Br2ClN6O9S3. The highest BCUT2D eigenvalue weighted by molar-refractivity contribution is 7.97. The number of halogens is 3. The van der Waals surface area contributed by atoms with Crippen molar-refractivity contribution in [2.75, 3.05) is 50.3 Å². The highest BCUT2D eigenvalue weighted by Crippen LogP contribution is 2.41. The van der Waals surface area contributed by atoms with Gasteiger partial charge in [0.2, 0.25) is 25.5 Å². The number of hydrogen-bond donors (Lipinski definition) is 2. The average Bonchev–Trinajstić information content (AvgIpc) is 1.59. The van der Waals surface area contributed by atoms with E-state index in [9.17, 15) is 39.9 Å². The molecule has 0 saturated heterocycles. The van der Waals surface area contributed by atoms with Gasteiger partial charge in [-0.3, -0.25) is 14.6 Å². The smallest absolute Gasteiger partial charge is 0.211 e. The van der Waals surface area contributed by atoms with E-state index in [1.165, 1.54) is 176 Å². The second-order valence-corrected chi connectivity index (χ2v) is 32.8. The number of anilines is 1. The molecule has 0 spiro atoms. The molecule has 2 saturated carbocycles. The van der Waals surface area contributed by atoms with E-state index in [1.54, 1.807) is 66.7 Å². The Hall–Kier alpha value is -8.57. The van der Waals surface area contributed by atoms with Gasteiger partial charge in [-0.1, -0.05) is 220 Å². The van der Waals surface area contributed by atoms with Crippen LogP contribution >= 0.6 is 12.4 Å². The van der Waals surface area contributed by atoms with Crippen molar-refractivity contribution in [3.05, 3.63) is 299 Å². The summed E-state index contributed by atoms with van der Waals surface area (Å²) in [6, 6.07) is 66.1. The van der Waals surface area contributed by atoms with Crippen LogP contribution in [0.3, 0.4) is 0 Å². The first-order valence-corrected chi connectivity index (χ1v) is 42.5. The second-order valence-electron chi connectivity index (χ2n) is 27.1. The average molecular weight is 1710 g/mol. The Kier molecular flexibility index (Phi) is 37.7. The topological polar surface area (TPSA) is 195 Å². The third-order valence-electron chi connectivity index (χ3n) is 20.0. The summed E-state index contributed by atoms with van der Waals surface area (Å²) in [5, 5.41) is 14.0. The number of carbonyl (C=O) groups excluding carboxylic acids is 2. The van der Waals surface area contributed by atoms with Gasteiger partial charge in [-0.2, -0.15) is 0 Å². The van der Waals surface area contributed by atoms with Gasteiger partial charge in [0.25, 0.3) is 0 Å². The fourth-order valence-corrected chi connectivity index (χ4v) is 18.3. The summed E-state index contributed by atoms with van der Waals surface area (Å²) in [5.41, 5.74) is 8.00. The SMILES string of the molecule is C(=Nc1ccccc1)C(=CNc1ccccc1)c1ccccc1.CCN(CC)CC.CCN(CC)CC.Cl.O=C1C(=CC(=CC2=C(O)c3ccccc3S2(=O)=O)c2ccccc2)S(=O)(=O)c2ccccc21.O=C1CS(=O)(=O)c2ccccc21.[Br-].[Br-].[HH].[HH].c1c[n+](CC2CCCCC2)ccc1-c1cc[n+](CC2CCCCC2)cc1. The van der Waals surface area contributed by atoms with Crippen LogP contribution in [0, 0.1) is 11.8 Å². The molecule has 2 aliphatic carbocycles. The number of allylic oxidation sites excluding steroid dienone is 5. The zero-order valence-electron chi connectivity index (χ0n) is 64.3. The molecule has 0 atom stereocenters. The molecule has 3 aliphatic heterocycles. The largest absolute Gasteiger partial charge is 1.00 e. The molecule has 0 bridgehead atoms. The van der Waals surface area contributed by atoms with Crippen molar-refractivity contribution in [1.82, 2.24) is 9.80 Å². The van der Waals surface area contributed by atoms with Gasteiger partial charge in [-0.05, 0) is 160 Å². The lowest BCUT2D eigenvalue weighted by atomic mass is 9.89. The van der Waals surface area contributed by atoms with Crippen molar-refractivity contribution in [2.45, 2.75) is 134 Å². The molecule has 111 heavy (non-hydrogen) atoms.